The molecule has 0 radical (unpaired) electrons. The number of hydrogen-bond donors (Lipinski definition) is 2. The highest BCUT2D eigenvalue weighted by molar-refractivity contribution is 5.74. The fourth-order valence-corrected chi connectivity index (χ4v) is 2.39. The number of carbonyl (C=O) groups excluding carboxylic acids is 1. The molecule has 104 valence electrons. The normalized spacial score (nSPS) is 30.8. The van der Waals surface area contributed by atoms with Gasteiger partial charge in [-0.05, 0) is 25.2 Å². The second-order valence-corrected chi connectivity index (χ2v) is 5.81. The summed E-state index contributed by atoms with van der Waals surface area (Å²) in [6.45, 7) is 8.17. The fraction of sp³-hybridized carbons (Fsp3) is 0.923. The van der Waals surface area contributed by atoms with Crippen molar-refractivity contribution >= 4 is 6.03 Å². The van der Waals surface area contributed by atoms with Gasteiger partial charge in [-0.1, -0.05) is 13.8 Å². The smallest absolute Gasteiger partial charge is 0.315 e. The van der Waals surface area contributed by atoms with Crippen LogP contribution in [0.2, 0.25) is 0 Å². The summed E-state index contributed by atoms with van der Waals surface area (Å²) in [7, 11) is 0. The van der Waals surface area contributed by atoms with Gasteiger partial charge in [0.1, 0.15) is 0 Å². The predicted octanol–water partition coefficient (Wildman–Crippen LogP) is 1.48. The van der Waals surface area contributed by atoms with Crippen molar-refractivity contribution in [3.05, 3.63) is 0 Å². The van der Waals surface area contributed by atoms with Gasteiger partial charge in [0.05, 0.1) is 13.2 Å². The number of hydrogen-bond acceptors (Lipinski definition) is 3. The Labute approximate surface area is 109 Å². The molecule has 0 unspecified atom stereocenters. The molecule has 0 aromatic heterocycles. The first-order chi connectivity index (χ1) is 8.48. The van der Waals surface area contributed by atoms with E-state index < -0.39 is 5.79 Å². The van der Waals surface area contributed by atoms with Gasteiger partial charge < -0.3 is 20.1 Å². The van der Waals surface area contributed by atoms with E-state index in [2.05, 4.69) is 24.5 Å². The van der Waals surface area contributed by atoms with Gasteiger partial charge in [0.2, 0.25) is 0 Å². The van der Waals surface area contributed by atoms with Gasteiger partial charge in [0.25, 0.3) is 0 Å². The van der Waals surface area contributed by atoms with E-state index in [0.29, 0.717) is 37.6 Å². The second-order valence-electron chi connectivity index (χ2n) is 5.81. The Morgan fingerprint density at radius 3 is 2.61 bits per heavy atom. The minimum Gasteiger partial charge on any atom is -0.348 e. The van der Waals surface area contributed by atoms with Gasteiger partial charge in [-0.25, -0.2) is 4.79 Å². The van der Waals surface area contributed by atoms with Crippen molar-refractivity contribution < 1.29 is 14.3 Å². The molecular weight excluding hydrogens is 232 g/mol. The molecule has 2 fully saturated rings. The Balaban J connectivity index is 1.61. The maximum Gasteiger partial charge on any atom is 0.315 e. The van der Waals surface area contributed by atoms with E-state index in [9.17, 15) is 4.79 Å². The number of nitrogens with one attached hydrogen (secondary N) is 2. The van der Waals surface area contributed by atoms with Crippen LogP contribution >= 0.6 is 0 Å². The lowest BCUT2D eigenvalue weighted by Gasteiger charge is -2.26. The van der Waals surface area contributed by atoms with Crippen LogP contribution in [0.5, 0.6) is 0 Å². The molecule has 1 saturated carbocycles. The number of ether oxygens (including phenoxy) is 2. The molecule has 1 heterocycles. The van der Waals surface area contributed by atoms with Gasteiger partial charge in [-0.3, -0.25) is 0 Å². The molecule has 1 aliphatic carbocycles. The maximum atomic E-state index is 11.6. The van der Waals surface area contributed by atoms with Gasteiger partial charge in [-0.2, -0.15) is 0 Å². The Morgan fingerprint density at radius 2 is 2.06 bits per heavy atom. The Morgan fingerprint density at radius 1 is 1.44 bits per heavy atom. The zero-order valence-corrected chi connectivity index (χ0v) is 11.5. The van der Waals surface area contributed by atoms with E-state index >= 15 is 0 Å². The molecule has 0 aromatic carbocycles. The number of rotatable bonds is 5. The Hall–Kier alpha value is -0.810. The average molecular weight is 256 g/mol. The molecule has 5 nitrogen and oxygen atoms in total. The molecule has 3 atom stereocenters. The highest BCUT2D eigenvalue weighted by Gasteiger charge is 2.34. The number of carbonyl (C=O) groups is 1. The van der Waals surface area contributed by atoms with E-state index in [4.69, 9.17) is 9.47 Å². The molecule has 1 saturated heterocycles. The van der Waals surface area contributed by atoms with Crippen molar-refractivity contribution in [1.82, 2.24) is 10.6 Å². The second kappa shape index (κ2) is 5.45. The lowest BCUT2D eigenvalue weighted by Crippen LogP contribution is -2.40. The molecule has 2 aliphatic rings. The van der Waals surface area contributed by atoms with Crippen molar-refractivity contribution in [2.75, 3.05) is 19.8 Å². The highest BCUT2D eigenvalue weighted by atomic mass is 16.7. The monoisotopic (exact) mass is 256 g/mol. The highest BCUT2D eigenvalue weighted by Crippen LogP contribution is 2.29. The first-order valence-corrected chi connectivity index (χ1v) is 6.81. The van der Waals surface area contributed by atoms with E-state index in [0.717, 1.165) is 12.8 Å². The van der Waals surface area contributed by atoms with Crippen molar-refractivity contribution in [1.29, 1.82) is 0 Å². The molecular formula is C13H24N2O3. The van der Waals surface area contributed by atoms with Crippen LogP contribution < -0.4 is 10.6 Å². The summed E-state index contributed by atoms with van der Waals surface area (Å²) in [6.07, 6.45) is 1.90. The third-order valence-corrected chi connectivity index (χ3v) is 3.65. The Kier molecular flexibility index (Phi) is 4.12. The van der Waals surface area contributed by atoms with Crippen molar-refractivity contribution in [3.8, 4) is 0 Å². The summed E-state index contributed by atoms with van der Waals surface area (Å²) in [5.41, 5.74) is 0. The number of urea groups is 1. The Bertz CT molecular complexity index is 303. The molecule has 2 rings (SSSR count). The molecule has 0 bridgehead atoms. The fourth-order valence-electron chi connectivity index (χ4n) is 2.39. The standard InChI is InChI=1S/C13H24N2O3/c1-9(7-13(3)17-4-5-18-13)8-14-12(16)15-11-6-10(11)2/h9-11H,4-8H2,1-3H3,(H2,14,15,16)/t9-,10+,11-/m0/s1. The quantitative estimate of drug-likeness (QED) is 0.783. The van der Waals surface area contributed by atoms with E-state index in [1.165, 1.54) is 0 Å². The summed E-state index contributed by atoms with van der Waals surface area (Å²) in [6, 6.07) is 0.314. The lowest BCUT2D eigenvalue weighted by atomic mass is 10.0. The predicted molar refractivity (Wildman–Crippen MR) is 68.2 cm³/mol. The van der Waals surface area contributed by atoms with Crippen LogP contribution in [0.4, 0.5) is 4.79 Å². The van der Waals surface area contributed by atoms with Crippen LogP contribution in [-0.2, 0) is 9.47 Å². The van der Waals surface area contributed by atoms with Gasteiger partial charge >= 0.3 is 6.03 Å². The van der Waals surface area contributed by atoms with Crippen LogP contribution in [0.3, 0.4) is 0 Å². The molecule has 0 aromatic rings. The largest absolute Gasteiger partial charge is 0.348 e. The third kappa shape index (κ3) is 3.85. The minimum atomic E-state index is -0.470. The van der Waals surface area contributed by atoms with Crippen molar-refractivity contribution in [3.63, 3.8) is 0 Å². The van der Waals surface area contributed by atoms with Crippen LogP contribution in [0.1, 0.15) is 33.6 Å². The summed E-state index contributed by atoms with van der Waals surface area (Å²) in [4.78, 5) is 11.6. The SMILES string of the molecule is C[C@H](CNC(=O)N[C@H]1C[C@H]1C)CC1(C)OCCO1. The zero-order chi connectivity index (χ0) is 13.2. The van der Waals surface area contributed by atoms with Crippen LogP contribution in [-0.4, -0.2) is 37.6 Å². The first-order valence-electron chi connectivity index (χ1n) is 6.81. The van der Waals surface area contributed by atoms with Crippen LogP contribution in [0.25, 0.3) is 0 Å². The minimum absolute atomic E-state index is 0.0605. The van der Waals surface area contributed by atoms with E-state index in [1.807, 2.05) is 6.92 Å². The third-order valence-electron chi connectivity index (χ3n) is 3.65. The van der Waals surface area contributed by atoms with E-state index in [1.54, 1.807) is 0 Å². The summed E-state index contributed by atoms with van der Waals surface area (Å²) in [5, 5.41) is 5.85. The molecule has 2 N–H and O–H groups in total. The molecule has 2 amide bonds. The topological polar surface area (TPSA) is 59.6 Å². The molecule has 5 heteroatoms. The first kappa shape index (κ1) is 13.6. The maximum absolute atomic E-state index is 11.6. The van der Waals surface area contributed by atoms with Crippen LogP contribution in [0, 0.1) is 11.8 Å². The van der Waals surface area contributed by atoms with Crippen molar-refractivity contribution in [2.45, 2.75) is 45.4 Å². The van der Waals surface area contributed by atoms with Crippen LogP contribution in [0.15, 0.2) is 0 Å². The average Bonchev–Trinajstić information content (AvgIpc) is 2.80. The molecule has 0 spiro atoms. The summed E-state index contributed by atoms with van der Waals surface area (Å²) in [5.74, 6) is 0.491. The van der Waals surface area contributed by atoms with Gasteiger partial charge in [0.15, 0.2) is 5.79 Å². The van der Waals surface area contributed by atoms with Gasteiger partial charge in [0, 0.05) is 19.0 Å². The van der Waals surface area contributed by atoms with Gasteiger partial charge in [-0.15, -0.1) is 0 Å². The number of amides is 2. The molecule has 18 heavy (non-hydrogen) atoms. The van der Waals surface area contributed by atoms with E-state index in [-0.39, 0.29) is 6.03 Å². The van der Waals surface area contributed by atoms with Crippen molar-refractivity contribution in [2.24, 2.45) is 11.8 Å². The zero-order valence-electron chi connectivity index (χ0n) is 11.5. The summed E-state index contributed by atoms with van der Waals surface area (Å²) >= 11 is 0. The molecule has 1 aliphatic heterocycles. The lowest BCUT2D eigenvalue weighted by molar-refractivity contribution is -0.153. The summed E-state index contributed by atoms with van der Waals surface area (Å²) < 4.78 is 11.1.